The van der Waals surface area contributed by atoms with Crippen LogP contribution in [0.3, 0.4) is 0 Å². The van der Waals surface area contributed by atoms with Gasteiger partial charge >= 0.3 is 5.97 Å². The predicted molar refractivity (Wildman–Crippen MR) is 172 cm³/mol. The molecule has 1 amide bonds. The van der Waals surface area contributed by atoms with Crippen molar-refractivity contribution in [2.75, 3.05) is 19.7 Å². The van der Waals surface area contributed by atoms with Crippen molar-refractivity contribution >= 4 is 17.5 Å². The van der Waals surface area contributed by atoms with Crippen molar-refractivity contribution in [3.05, 3.63) is 81.9 Å². The molecule has 1 N–H and O–H groups in total. The second-order valence-electron chi connectivity index (χ2n) is 13.4. The van der Waals surface area contributed by atoms with E-state index in [-0.39, 0.29) is 22.9 Å². The Hall–Kier alpha value is -4.31. The monoisotopic (exact) mass is 628 g/mol. The van der Waals surface area contributed by atoms with Gasteiger partial charge in [-0.3, -0.25) is 4.79 Å². The van der Waals surface area contributed by atoms with Gasteiger partial charge in [-0.05, 0) is 89.8 Å². The van der Waals surface area contributed by atoms with E-state index < -0.39 is 23.5 Å². The van der Waals surface area contributed by atoms with E-state index in [1.165, 1.54) is 16.1 Å². The van der Waals surface area contributed by atoms with Gasteiger partial charge in [-0.15, -0.1) is 0 Å². The van der Waals surface area contributed by atoms with Crippen LogP contribution in [0.5, 0.6) is 5.75 Å². The quantitative estimate of drug-likeness (QED) is 0.249. The Morgan fingerprint density at radius 1 is 1.13 bits per heavy atom. The van der Waals surface area contributed by atoms with Crippen LogP contribution in [0.4, 0.5) is 4.39 Å². The van der Waals surface area contributed by atoms with Crippen LogP contribution in [0, 0.1) is 25.6 Å². The van der Waals surface area contributed by atoms with Crippen molar-refractivity contribution < 1.29 is 28.6 Å². The third-order valence-corrected chi connectivity index (χ3v) is 8.97. The number of carbonyl (C=O) groups excluding carboxylic acids is 1. The number of carboxylic acid groups (broad SMARTS) is 1. The fraction of sp³-hybridized carbons (Fsp3) is 0.444. The number of hydrogen-bond acceptors (Lipinski definition) is 6. The first-order valence-corrected chi connectivity index (χ1v) is 16.0. The van der Waals surface area contributed by atoms with E-state index in [1.54, 1.807) is 33.8 Å². The Labute approximate surface area is 268 Å². The van der Waals surface area contributed by atoms with Gasteiger partial charge in [0.05, 0.1) is 17.9 Å². The highest BCUT2D eigenvalue weighted by molar-refractivity contribution is 5.94. The fourth-order valence-electron chi connectivity index (χ4n) is 6.75. The molecule has 6 rings (SSSR count). The molecule has 4 aromatic rings. The number of carboxylic acids is 1. The first-order chi connectivity index (χ1) is 21.9. The molecular weight excluding hydrogens is 587 g/mol. The molecule has 0 radical (unpaired) electrons. The zero-order valence-electron chi connectivity index (χ0n) is 27.1. The highest BCUT2D eigenvalue weighted by Gasteiger charge is 2.35. The molecule has 2 aliphatic rings. The maximum atomic E-state index is 15.6. The number of likely N-dealkylation sites (tertiary alicyclic amines) is 1. The summed E-state index contributed by atoms with van der Waals surface area (Å²) in [6.45, 7) is 10.6. The molecule has 1 atom stereocenters. The Bertz CT molecular complexity index is 1790. The van der Waals surface area contributed by atoms with Gasteiger partial charge in [0.25, 0.3) is 5.91 Å². The maximum absolute atomic E-state index is 15.6. The number of fused-ring (bicyclic) bond motifs is 2. The van der Waals surface area contributed by atoms with Crippen molar-refractivity contribution in [2.45, 2.75) is 78.4 Å². The molecule has 0 saturated carbocycles. The smallest absolute Gasteiger partial charge is 0.337 e. The van der Waals surface area contributed by atoms with E-state index in [0.29, 0.717) is 54.6 Å². The number of nitrogens with zero attached hydrogens (tertiary/aromatic N) is 4. The molecule has 2 aliphatic heterocycles. The number of aromatic nitrogens is 3. The summed E-state index contributed by atoms with van der Waals surface area (Å²) < 4.78 is 28.9. The molecule has 0 bridgehead atoms. The number of benzene rings is 2. The molecule has 46 heavy (non-hydrogen) atoms. The van der Waals surface area contributed by atoms with Crippen molar-refractivity contribution in [1.29, 1.82) is 0 Å². The number of carbonyl (C=O) groups is 2. The van der Waals surface area contributed by atoms with Gasteiger partial charge in [-0.2, -0.15) is 5.10 Å². The number of halogens is 1. The molecule has 242 valence electrons. The second-order valence-corrected chi connectivity index (χ2v) is 13.4. The molecule has 9 nitrogen and oxygen atoms in total. The van der Waals surface area contributed by atoms with Crippen molar-refractivity contribution in [3.63, 3.8) is 0 Å². The summed E-state index contributed by atoms with van der Waals surface area (Å²) in [5.41, 5.74) is 4.00. The average Bonchev–Trinajstić information content (AvgIpc) is 3.45. The van der Waals surface area contributed by atoms with Crippen LogP contribution in [0.1, 0.15) is 84.6 Å². The average molecular weight is 629 g/mol. The van der Waals surface area contributed by atoms with Crippen LogP contribution in [0.25, 0.3) is 16.9 Å². The predicted octanol–water partition coefficient (Wildman–Crippen LogP) is 6.51. The molecule has 1 fully saturated rings. The number of piperidine rings is 1. The number of aliphatic carboxylic acids is 1. The van der Waals surface area contributed by atoms with Crippen molar-refractivity contribution in [3.8, 4) is 17.0 Å². The minimum absolute atomic E-state index is 0.204. The maximum Gasteiger partial charge on any atom is 0.337 e. The topological polar surface area (TPSA) is 106 Å². The van der Waals surface area contributed by atoms with Gasteiger partial charge in [0.15, 0.2) is 29.0 Å². The van der Waals surface area contributed by atoms with Gasteiger partial charge in [0, 0.05) is 41.5 Å². The minimum Gasteiger partial charge on any atom is -0.490 e. The highest BCUT2D eigenvalue weighted by Crippen LogP contribution is 2.41. The Balaban J connectivity index is 1.43. The Morgan fingerprint density at radius 2 is 1.85 bits per heavy atom. The van der Waals surface area contributed by atoms with Gasteiger partial charge < -0.3 is 19.5 Å². The summed E-state index contributed by atoms with van der Waals surface area (Å²) in [7, 11) is 0. The van der Waals surface area contributed by atoms with E-state index in [0.717, 1.165) is 36.8 Å². The van der Waals surface area contributed by atoms with Crippen LogP contribution < -0.4 is 4.74 Å². The van der Waals surface area contributed by atoms with Crippen LogP contribution >= 0.6 is 0 Å². The lowest BCUT2D eigenvalue weighted by molar-refractivity contribution is -0.160. The number of aryl methyl sites for hydroxylation is 1. The SMILES string of the molecule is Cc1nc2cc(C(=O)N3CCC(Cc4ccccc4)CC3)nn2c(-c2cc(F)c3c(c2C)CCCO3)c1[C@H](OC(C)(C)C)C(=O)O. The number of hydrogen-bond donors (Lipinski definition) is 1. The molecule has 0 aliphatic carbocycles. The summed E-state index contributed by atoms with van der Waals surface area (Å²) in [5, 5.41) is 15.1. The van der Waals surface area contributed by atoms with E-state index in [9.17, 15) is 14.7 Å². The van der Waals surface area contributed by atoms with Crippen molar-refractivity contribution in [1.82, 2.24) is 19.5 Å². The summed E-state index contributed by atoms with van der Waals surface area (Å²) in [4.78, 5) is 33.1. The standard InChI is InChI=1S/C36H41FN4O5/c1-21-25-12-9-17-45-32(25)27(37)19-26(21)31-30(33(35(43)44)46-36(3,4)5)22(2)38-29-20-28(39-41(29)31)34(42)40-15-13-24(14-16-40)18-23-10-7-6-8-11-23/h6-8,10-11,19-20,24,33H,9,12-18H2,1-5H3,(H,43,44)/t33-/m0/s1. The lowest BCUT2D eigenvalue weighted by Gasteiger charge is -2.31. The fourth-order valence-corrected chi connectivity index (χ4v) is 6.75. The lowest BCUT2D eigenvalue weighted by atomic mass is 9.90. The van der Waals surface area contributed by atoms with Gasteiger partial charge in [0.2, 0.25) is 0 Å². The van der Waals surface area contributed by atoms with Crippen LogP contribution in [-0.2, 0) is 22.4 Å². The number of amides is 1. The van der Waals surface area contributed by atoms with Gasteiger partial charge in [-0.1, -0.05) is 30.3 Å². The minimum atomic E-state index is -1.42. The first-order valence-electron chi connectivity index (χ1n) is 16.0. The second kappa shape index (κ2) is 12.5. The molecule has 0 unspecified atom stereocenters. The van der Waals surface area contributed by atoms with Crippen LogP contribution in [0.15, 0.2) is 42.5 Å². The lowest BCUT2D eigenvalue weighted by Crippen LogP contribution is -2.39. The summed E-state index contributed by atoms with van der Waals surface area (Å²) >= 11 is 0. The number of rotatable bonds is 7. The zero-order valence-corrected chi connectivity index (χ0v) is 27.1. The van der Waals surface area contributed by atoms with E-state index >= 15 is 4.39 Å². The molecular formula is C36H41FN4O5. The molecule has 10 heteroatoms. The zero-order chi connectivity index (χ0) is 32.7. The van der Waals surface area contributed by atoms with Crippen LogP contribution in [-0.4, -0.2) is 61.8 Å². The molecule has 2 aromatic carbocycles. The largest absolute Gasteiger partial charge is 0.490 e. The van der Waals surface area contributed by atoms with E-state index in [4.69, 9.17) is 19.6 Å². The van der Waals surface area contributed by atoms with E-state index in [1.807, 2.05) is 17.9 Å². The normalized spacial score (nSPS) is 16.3. The number of ether oxygens (including phenoxy) is 2. The van der Waals surface area contributed by atoms with Gasteiger partial charge in [0.1, 0.15) is 0 Å². The summed E-state index contributed by atoms with van der Waals surface area (Å²) in [5.74, 6) is -1.23. The van der Waals surface area contributed by atoms with E-state index in [2.05, 4.69) is 24.3 Å². The molecule has 2 aromatic heterocycles. The summed E-state index contributed by atoms with van der Waals surface area (Å²) in [6.07, 6.45) is 2.70. The molecule has 0 spiro atoms. The Kier molecular flexibility index (Phi) is 8.58. The Morgan fingerprint density at radius 3 is 2.52 bits per heavy atom. The third kappa shape index (κ3) is 6.23. The van der Waals surface area contributed by atoms with Crippen LogP contribution in [0.2, 0.25) is 0 Å². The van der Waals surface area contributed by atoms with Crippen molar-refractivity contribution in [2.24, 2.45) is 5.92 Å². The molecule has 1 saturated heterocycles. The highest BCUT2D eigenvalue weighted by atomic mass is 19.1. The third-order valence-electron chi connectivity index (χ3n) is 8.97. The first kappa shape index (κ1) is 31.7. The molecule has 4 heterocycles. The van der Waals surface area contributed by atoms with Gasteiger partial charge in [-0.25, -0.2) is 18.7 Å². The summed E-state index contributed by atoms with van der Waals surface area (Å²) in [6, 6.07) is 13.4.